The van der Waals surface area contributed by atoms with E-state index in [1.54, 1.807) is 22.9 Å². The number of phenols is 1. The molecule has 27 heavy (non-hydrogen) atoms. The van der Waals surface area contributed by atoms with Crippen LogP contribution in [0.3, 0.4) is 0 Å². The Morgan fingerprint density at radius 3 is 2.63 bits per heavy atom. The normalized spacial score (nSPS) is 11.3. The number of ketones is 1. The second kappa shape index (κ2) is 7.17. The van der Waals surface area contributed by atoms with Crippen LogP contribution in [0.15, 0.2) is 77.3 Å². The first-order valence-corrected chi connectivity index (χ1v) is 9.03. The van der Waals surface area contributed by atoms with Crippen molar-refractivity contribution in [2.75, 3.05) is 0 Å². The Morgan fingerprint density at radius 2 is 1.81 bits per heavy atom. The number of rotatable bonds is 4. The summed E-state index contributed by atoms with van der Waals surface area (Å²) in [7, 11) is 0. The fourth-order valence-electron chi connectivity index (χ4n) is 2.75. The van der Waals surface area contributed by atoms with E-state index in [0.717, 1.165) is 26.8 Å². The number of hydrogen-bond acceptors (Lipinski definition) is 4. The minimum absolute atomic E-state index is 0.0405. The van der Waals surface area contributed by atoms with E-state index in [1.165, 1.54) is 12.1 Å². The molecule has 132 valence electrons. The number of carbonyl (C=O) groups excluding carboxylic acids is 1. The van der Waals surface area contributed by atoms with Crippen LogP contribution < -0.4 is 0 Å². The highest BCUT2D eigenvalue weighted by molar-refractivity contribution is 9.10. The number of benzene rings is 3. The summed E-state index contributed by atoms with van der Waals surface area (Å²) in [5.41, 5.74) is 3.77. The van der Waals surface area contributed by atoms with Gasteiger partial charge >= 0.3 is 0 Å². The Bertz CT molecular complexity index is 1160. The lowest BCUT2D eigenvalue weighted by molar-refractivity contribution is 0.104. The zero-order valence-corrected chi connectivity index (χ0v) is 15.7. The lowest BCUT2D eigenvalue weighted by atomic mass is 10.1. The topological polar surface area (TPSA) is 68.0 Å². The van der Waals surface area contributed by atoms with Gasteiger partial charge in [-0.15, -0.1) is 5.10 Å². The van der Waals surface area contributed by atoms with Gasteiger partial charge < -0.3 is 5.11 Å². The van der Waals surface area contributed by atoms with Crippen LogP contribution in [0.5, 0.6) is 5.75 Å². The Morgan fingerprint density at radius 1 is 1.04 bits per heavy atom. The third-order valence-corrected chi connectivity index (χ3v) is 4.63. The molecule has 4 aromatic rings. The number of aromatic nitrogens is 3. The third-order valence-electron chi connectivity index (χ3n) is 4.14. The Labute approximate surface area is 163 Å². The number of allylic oxidation sites excluding steroid dienone is 1. The molecular formula is C21H14BrN3O2. The highest BCUT2D eigenvalue weighted by Gasteiger charge is 2.09. The first kappa shape index (κ1) is 17.2. The first-order valence-electron chi connectivity index (χ1n) is 8.23. The van der Waals surface area contributed by atoms with Crippen LogP contribution in [0.25, 0.3) is 22.8 Å². The fraction of sp³-hybridized carbons (Fsp3) is 0. The average molecular weight is 420 g/mol. The summed E-state index contributed by atoms with van der Waals surface area (Å²) in [5, 5.41) is 18.2. The number of fused-ring (bicyclic) bond motifs is 1. The average Bonchev–Trinajstić information content (AvgIpc) is 3.12. The molecule has 0 unspecified atom stereocenters. The number of para-hydroxylation sites is 1. The van der Waals surface area contributed by atoms with E-state index in [0.29, 0.717) is 0 Å². The van der Waals surface area contributed by atoms with Crippen molar-refractivity contribution in [2.45, 2.75) is 0 Å². The number of phenolic OH excluding ortho intramolecular Hbond substituents is 1. The van der Waals surface area contributed by atoms with Crippen LogP contribution in [-0.4, -0.2) is 25.9 Å². The summed E-state index contributed by atoms with van der Waals surface area (Å²) in [4.78, 5) is 12.3. The van der Waals surface area contributed by atoms with Crippen molar-refractivity contribution in [1.82, 2.24) is 15.0 Å². The Balaban J connectivity index is 1.56. The molecule has 0 aliphatic rings. The SMILES string of the molecule is O=C(/C=C/c1ccc(-n2nnc3ccccc32)cc1)c1cc(Br)ccc1O. The zero-order chi connectivity index (χ0) is 18.8. The van der Waals surface area contributed by atoms with Crippen LogP contribution in [-0.2, 0) is 0 Å². The molecule has 3 aromatic carbocycles. The van der Waals surface area contributed by atoms with Crippen molar-refractivity contribution in [2.24, 2.45) is 0 Å². The number of aromatic hydroxyl groups is 1. The van der Waals surface area contributed by atoms with Gasteiger partial charge in [-0.1, -0.05) is 51.5 Å². The van der Waals surface area contributed by atoms with Crippen LogP contribution in [0, 0.1) is 0 Å². The lowest BCUT2D eigenvalue weighted by Crippen LogP contribution is -1.96. The summed E-state index contributed by atoms with van der Waals surface area (Å²) in [6.07, 6.45) is 3.16. The highest BCUT2D eigenvalue weighted by atomic mass is 79.9. The summed E-state index contributed by atoms with van der Waals surface area (Å²) >= 11 is 3.30. The fourth-order valence-corrected chi connectivity index (χ4v) is 3.11. The van der Waals surface area contributed by atoms with E-state index in [-0.39, 0.29) is 17.1 Å². The first-order chi connectivity index (χ1) is 13.1. The summed E-state index contributed by atoms with van der Waals surface area (Å²) in [6, 6.07) is 20.2. The van der Waals surface area contributed by atoms with Crippen molar-refractivity contribution >= 4 is 38.8 Å². The minimum atomic E-state index is -0.264. The van der Waals surface area contributed by atoms with Crippen molar-refractivity contribution in [3.05, 3.63) is 88.4 Å². The van der Waals surface area contributed by atoms with Gasteiger partial charge in [-0.2, -0.15) is 0 Å². The van der Waals surface area contributed by atoms with E-state index >= 15 is 0 Å². The molecule has 0 bridgehead atoms. The van der Waals surface area contributed by atoms with Gasteiger partial charge in [0.25, 0.3) is 0 Å². The molecule has 0 saturated carbocycles. The maximum atomic E-state index is 12.3. The molecule has 0 spiro atoms. The molecule has 1 N–H and O–H groups in total. The van der Waals surface area contributed by atoms with Crippen LogP contribution in [0.4, 0.5) is 0 Å². The molecule has 4 rings (SSSR count). The molecule has 0 radical (unpaired) electrons. The Hall–Kier alpha value is -3.25. The van der Waals surface area contributed by atoms with E-state index in [4.69, 9.17) is 0 Å². The number of nitrogens with zero attached hydrogens (tertiary/aromatic N) is 3. The summed E-state index contributed by atoms with van der Waals surface area (Å²) in [6.45, 7) is 0. The Kier molecular flexibility index (Phi) is 4.56. The summed E-state index contributed by atoms with van der Waals surface area (Å²) < 4.78 is 2.51. The van der Waals surface area contributed by atoms with Crippen molar-refractivity contribution in [3.63, 3.8) is 0 Å². The number of carbonyl (C=O) groups is 1. The molecule has 0 aliphatic heterocycles. The molecule has 0 atom stereocenters. The van der Waals surface area contributed by atoms with Crippen molar-refractivity contribution < 1.29 is 9.90 Å². The molecule has 6 heteroatoms. The second-order valence-corrected chi connectivity index (χ2v) is 6.86. The predicted molar refractivity (Wildman–Crippen MR) is 108 cm³/mol. The zero-order valence-electron chi connectivity index (χ0n) is 14.1. The van der Waals surface area contributed by atoms with Gasteiger partial charge in [-0.05, 0) is 54.1 Å². The molecule has 0 saturated heterocycles. The molecule has 1 aromatic heterocycles. The standard InChI is InChI=1S/C21H14BrN3O2/c22-15-8-12-21(27)17(13-15)20(26)11-7-14-5-9-16(10-6-14)25-19-4-2-1-3-18(19)23-24-25/h1-13,27H/b11-7+. The van der Waals surface area contributed by atoms with Crippen molar-refractivity contribution in [1.29, 1.82) is 0 Å². The summed E-state index contributed by atoms with van der Waals surface area (Å²) in [5.74, 6) is -0.304. The van der Waals surface area contributed by atoms with Gasteiger partial charge in [0, 0.05) is 4.47 Å². The molecular weight excluding hydrogens is 406 g/mol. The molecule has 1 heterocycles. The van der Waals surface area contributed by atoms with E-state index in [2.05, 4.69) is 26.2 Å². The second-order valence-electron chi connectivity index (χ2n) is 5.94. The van der Waals surface area contributed by atoms with Gasteiger partial charge in [0.15, 0.2) is 5.78 Å². The molecule has 5 nitrogen and oxygen atoms in total. The maximum absolute atomic E-state index is 12.3. The molecule has 0 amide bonds. The van der Waals surface area contributed by atoms with Crippen LogP contribution >= 0.6 is 15.9 Å². The number of hydrogen-bond donors (Lipinski definition) is 1. The monoisotopic (exact) mass is 419 g/mol. The quantitative estimate of drug-likeness (QED) is 0.381. The molecule has 0 fully saturated rings. The van der Waals surface area contributed by atoms with E-state index < -0.39 is 0 Å². The highest BCUT2D eigenvalue weighted by Crippen LogP contribution is 2.23. The van der Waals surface area contributed by atoms with Crippen LogP contribution in [0.2, 0.25) is 0 Å². The van der Waals surface area contributed by atoms with E-state index in [1.807, 2.05) is 48.5 Å². The molecule has 0 aliphatic carbocycles. The maximum Gasteiger partial charge on any atom is 0.189 e. The lowest BCUT2D eigenvalue weighted by Gasteiger charge is -2.03. The van der Waals surface area contributed by atoms with Crippen molar-refractivity contribution in [3.8, 4) is 11.4 Å². The van der Waals surface area contributed by atoms with Gasteiger partial charge in [0.05, 0.1) is 16.8 Å². The predicted octanol–water partition coefficient (Wildman–Crippen LogP) is 4.78. The van der Waals surface area contributed by atoms with Gasteiger partial charge in [0.1, 0.15) is 11.3 Å². The largest absolute Gasteiger partial charge is 0.507 e. The van der Waals surface area contributed by atoms with Gasteiger partial charge in [0.2, 0.25) is 0 Å². The third kappa shape index (κ3) is 3.52. The van der Waals surface area contributed by atoms with Gasteiger partial charge in [-0.3, -0.25) is 4.79 Å². The van der Waals surface area contributed by atoms with Gasteiger partial charge in [-0.25, -0.2) is 4.68 Å². The smallest absolute Gasteiger partial charge is 0.189 e. The van der Waals surface area contributed by atoms with E-state index in [9.17, 15) is 9.90 Å². The van der Waals surface area contributed by atoms with Crippen LogP contribution in [0.1, 0.15) is 15.9 Å². The number of halogens is 1. The minimum Gasteiger partial charge on any atom is -0.507 e.